The summed E-state index contributed by atoms with van der Waals surface area (Å²) in [4.78, 5) is 5.05. The lowest BCUT2D eigenvalue weighted by Crippen LogP contribution is -2.12. The molecule has 0 bridgehead atoms. The van der Waals surface area contributed by atoms with Crippen molar-refractivity contribution in [2.75, 3.05) is 9.80 Å². The lowest BCUT2D eigenvalue weighted by atomic mass is 9.84. The minimum Gasteiger partial charge on any atom is -0.310 e. The Hall–Kier alpha value is -7.82. The molecule has 4 nitrogen and oxygen atoms in total. The molecule has 0 saturated heterocycles. The molecule has 0 amide bonds. The number of rotatable bonds is 8. The van der Waals surface area contributed by atoms with E-state index >= 15 is 0 Å². The lowest BCUT2D eigenvalue weighted by molar-refractivity contribution is 0.443. The second kappa shape index (κ2) is 17.9. The molecule has 0 atom stereocenters. The van der Waals surface area contributed by atoms with Crippen LogP contribution in [0.1, 0.15) is 140 Å². The summed E-state index contributed by atoms with van der Waals surface area (Å²) in [7, 11) is 0. The number of aromatic nitrogens is 2. The van der Waals surface area contributed by atoms with Crippen molar-refractivity contribution >= 4 is 110 Å². The van der Waals surface area contributed by atoms with Crippen LogP contribution in [0.15, 0.2) is 182 Å². The molecule has 0 unspecified atom stereocenters. The van der Waals surface area contributed by atoms with Crippen molar-refractivity contribution < 1.29 is 0 Å². The first-order valence-electron chi connectivity index (χ1n) is 29.3. The molecule has 0 N–H and O–H groups in total. The van der Waals surface area contributed by atoms with E-state index < -0.39 is 0 Å². The molecule has 2 saturated carbocycles. The highest BCUT2D eigenvalue weighted by atomic mass is 15.2. The summed E-state index contributed by atoms with van der Waals surface area (Å²) in [6.07, 6.45) is 13.2. The quantitative estimate of drug-likeness (QED) is 0.151. The summed E-state index contributed by atoms with van der Waals surface area (Å²) in [6, 6.07) is 70.3. The Morgan fingerprint density at radius 3 is 1.08 bits per heavy atom. The zero-order chi connectivity index (χ0) is 52.6. The van der Waals surface area contributed by atoms with E-state index in [-0.39, 0.29) is 10.8 Å². The molecule has 0 radical (unpaired) electrons. The van der Waals surface area contributed by atoms with E-state index in [2.05, 4.69) is 242 Å². The summed E-state index contributed by atoms with van der Waals surface area (Å²) in [6.45, 7) is 14.3. The molecule has 2 aliphatic carbocycles. The van der Waals surface area contributed by atoms with Crippen molar-refractivity contribution in [2.45, 2.75) is 128 Å². The van der Waals surface area contributed by atoms with Gasteiger partial charge in [-0.1, -0.05) is 189 Å². The molecule has 4 aromatic heterocycles. The van der Waals surface area contributed by atoms with Gasteiger partial charge in [-0.25, -0.2) is 0 Å². The number of para-hydroxylation sites is 4. The monoisotopic (exact) mass is 1010 g/mol. The molecule has 13 aromatic rings. The fourth-order valence-corrected chi connectivity index (χ4v) is 14.9. The molecule has 2 fully saturated rings. The van der Waals surface area contributed by atoms with E-state index in [1.807, 2.05) is 0 Å². The van der Waals surface area contributed by atoms with Crippen LogP contribution in [0.4, 0.5) is 34.1 Å². The molecule has 2 aliphatic rings. The number of anilines is 6. The first-order chi connectivity index (χ1) is 38.0. The van der Waals surface area contributed by atoms with Crippen molar-refractivity contribution in [3.8, 4) is 0 Å². The van der Waals surface area contributed by atoms with Crippen LogP contribution in [0, 0.1) is 0 Å². The van der Waals surface area contributed by atoms with Crippen LogP contribution in [0.2, 0.25) is 0 Å². The van der Waals surface area contributed by atoms with Crippen LogP contribution < -0.4 is 9.80 Å². The number of hydrogen-bond donors (Lipinski definition) is 0. The number of nitrogens with zero attached hydrogens (tertiary/aromatic N) is 4. The van der Waals surface area contributed by atoms with Crippen molar-refractivity contribution in [3.05, 3.63) is 204 Å². The standard InChI is InChI=1S/C74H70N4/c1-73(2,3)61-31-19-29-57-67-63(75(51-25-15-9-16-26-51)53-37-33-49(34-38-53)47-21-11-7-12-22-47)43-41-55-59-46-66-60(45-65(59)77(69(57)61)71(55)67)56-42-44-64(68-58-30-20-32-62(74(4,5)6)70(58)78(66)72(56)68)76(52-27-17-10-18-28-52)54-39-35-50(36-40-54)48-23-13-8-14-24-48/h9-10,15-20,25-48H,7-8,11-14,21-24H2,1-6H3. The molecule has 0 spiro atoms. The third-order valence-corrected chi connectivity index (χ3v) is 18.6. The highest BCUT2D eigenvalue weighted by molar-refractivity contribution is 6.32. The van der Waals surface area contributed by atoms with Crippen molar-refractivity contribution in [2.24, 2.45) is 0 Å². The van der Waals surface area contributed by atoms with Gasteiger partial charge in [-0.05, 0) is 143 Å². The highest BCUT2D eigenvalue weighted by Crippen LogP contribution is 2.53. The average molecular weight is 1020 g/mol. The molecule has 78 heavy (non-hydrogen) atoms. The maximum Gasteiger partial charge on any atom is 0.0641 e. The van der Waals surface area contributed by atoms with Crippen LogP contribution in [0.3, 0.4) is 0 Å². The maximum absolute atomic E-state index is 2.67. The molecule has 4 heteroatoms. The van der Waals surface area contributed by atoms with E-state index in [0.717, 1.165) is 11.4 Å². The summed E-state index contributed by atoms with van der Waals surface area (Å²) in [5, 5.41) is 10.3. The van der Waals surface area contributed by atoms with Gasteiger partial charge >= 0.3 is 0 Å². The minimum absolute atomic E-state index is 0.106. The Bertz CT molecular complexity index is 4090. The van der Waals surface area contributed by atoms with Crippen molar-refractivity contribution in [1.82, 2.24) is 8.80 Å². The minimum atomic E-state index is -0.106. The van der Waals surface area contributed by atoms with Crippen molar-refractivity contribution in [1.29, 1.82) is 0 Å². The molecule has 386 valence electrons. The number of hydrogen-bond acceptors (Lipinski definition) is 2. The zero-order valence-electron chi connectivity index (χ0n) is 46.3. The Kier molecular flexibility index (Phi) is 10.9. The van der Waals surface area contributed by atoms with E-state index in [1.54, 1.807) is 0 Å². The maximum atomic E-state index is 2.67. The van der Waals surface area contributed by atoms with E-state index in [4.69, 9.17) is 0 Å². The van der Waals surface area contributed by atoms with Gasteiger partial charge in [0.1, 0.15) is 0 Å². The van der Waals surface area contributed by atoms with Crippen LogP contribution in [-0.4, -0.2) is 8.80 Å². The van der Waals surface area contributed by atoms with E-state index in [9.17, 15) is 0 Å². The molecule has 9 aromatic carbocycles. The van der Waals surface area contributed by atoms with Gasteiger partial charge < -0.3 is 18.6 Å². The van der Waals surface area contributed by atoms with Crippen molar-refractivity contribution in [3.63, 3.8) is 0 Å². The van der Waals surface area contributed by atoms with Gasteiger partial charge in [0.2, 0.25) is 0 Å². The number of benzene rings is 9. The summed E-state index contributed by atoms with van der Waals surface area (Å²) >= 11 is 0. The van der Waals surface area contributed by atoms with Gasteiger partial charge in [0.25, 0.3) is 0 Å². The first kappa shape index (κ1) is 47.4. The Balaban J connectivity index is 1.01. The van der Waals surface area contributed by atoms with Gasteiger partial charge in [0.05, 0.1) is 44.5 Å². The normalized spacial score (nSPS) is 15.5. The fourth-order valence-electron chi connectivity index (χ4n) is 14.9. The first-order valence-corrected chi connectivity index (χ1v) is 29.3. The second-order valence-electron chi connectivity index (χ2n) is 25.4. The zero-order valence-corrected chi connectivity index (χ0v) is 46.3. The van der Waals surface area contributed by atoms with Gasteiger partial charge in [-0.2, -0.15) is 0 Å². The predicted octanol–water partition coefficient (Wildman–Crippen LogP) is 21.6. The SMILES string of the molecule is CC(C)(C)c1cccc2c3c(N(c4ccccc4)c4ccc(C5CCCCC5)cc4)ccc4c5cc6c(cc5n(c12)c43)c1ccc(N(c2ccccc2)c2ccc(C3CCCCC3)cc2)c2c3cccc(C(C)(C)C)c3n6c12. The van der Waals surface area contributed by atoms with Crippen LogP contribution in [-0.2, 0) is 10.8 Å². The third kappa shape index (κ3) is 7.24. The Morgan fingerprint density at radius 1 is 0.333 bits per heavy atom. The van der Waals surface area contributed by atoms with E-state index in [1.165, 1.54) is 185 Å². The lowest BCUT2D eigenvalue weighted by Gasteiger charge is -2.28. The molecule has 4 heterocycles. The fraction of sp³-hybridized carbons (Fsp3) is 0.270. The van der Waals surface area contributed by atoms with Crippen LogP contribution >= 0.6 is 0 Å². The van der Waals surface area contributed by atoms with E-state index in [0.29, 0.717) is 11.8 Å². The second-order valence-corrected chi connectivity index (χ2v) is 25.4. The summed E-state index contributed by atoms with van der Waals surface area (Å²) in [5.41, 5.74) is 20.3. The van der Waals surface area contributed by atoms with Crippen LogP contribution in [0.5, 0.6) is 0 Å². The Labute approximate surface area is 459 Å². The summed E-state index contributed by atoms with van der Waals surface area (Å²) in [5.74, 6) is 1.30. The molecule has 15 rings (SSSR count). The Morgan fingerprint density at radius 2 is 0.705 bits per heavy atom. The largest absolute Gasteiger partial charge is 0.310 e. The van der Waals surface area contributed by atoms with Gasteiger partial charge in [0.15, 0.2) is 0 Å². The molecular weight excluding hydrogens is 945 g/mol. The van der Waals surface area contributed by atoms with Gasteiger partial charge in [0, 0.05) is 65.8 Å². The molecule has 0 aliphatic heterocycles. The topological polar surface area (TPSA) is 15.3 Å². The highest BCUT2D eigenvalue weighted by Gasteiger charge is 2.32. The molecular formula is C74H70N4. The average Bonchev–Trinajstić information content (AvgIpc) is 4.14. The van der Waals surface area contributed by atoms with Crippen LogP contribution in [0.25, 0.3) is 76.2 Å². The summed E-state index contributed by atoms with van der Waals surface area (Å²) < 4.78 is 5.34. The predicted molar refractivity (Wildman–Crippen MR) is 334 cm³/mol. The number of fused-ring (bicyclic) bond motifs is 12. The smallest absolute Gasteiger partial charge is 0.0641 e. The third-order valence-electron chi connectivity index (χ3n) is 18.6. The van der Waals surface area contributed by atoms with Gasteiger partial charge in [-0.3, -0.25) is 0 Å². The van der Waals surface area contributed by atoms with Gasteiger partial charge in [-0.15, -0.1) is 0 Å².